The largest absolute Gasteiger partial charge is 0.456 e. The van der Waals surface area contributed by atoms with Crippen LogP contribution in [-0.4, -0.2) is 0 Å². The van der Waals surface area contributed by atoms with Gasteiger partial charge in [0.25, 0.3) is 0 Å². The van der Waals surface area contributed by atoms with Crippen molar-refractivity contribution in [1.29, 1.82) is 0 Å². The van der Waals surface area contributed by atoms with Gasteiger partial charge in [-0.05, 0) is 29.8 Å². The van der Waals surface area contributed by atoms with Crippen LogP contribution in [0.15, 0.2) is 83.3 Å². The highest BCUT2D eigenvalue weighted by atomic mass is 35.5. The Hall–Kier alpha value is -2.42. The van der Waals surface area contributed by atoms with Crippen LogP contribution in [0.1, 0.15) is 11.1 Å². The Labute approximate surface area is 156 Å². The fraction of sp³-hybridized carbons (Fsp3) is 0.0455. The van der Waals surface area contributed by atoms with E-state index in [-0.39, 0.29) is 0 Å². The van der Waals surface area contributed by atoms with Gasteiger partial charge in [-0.3, -0.25) is 0 Å². The summed E-state index contributed by atoms with van der Waals surface area (Å²) in [5.74, 6) is 0.833. The Bertz CT molecular complexity index is 1080. The topological polar surface area (TPSA) is 13.1 Å². The molecule has 4 aromatic rings. The van der Waals surface area contributed by atoms with Crippen molar-refractivity contribution in [3.05, 3.63) is 99.5 Å². The third kappa shape index (κ3) is 3.23. The van der Waals surface area contributed by atoms with E-state index in [9.17, 15) is 0 Å². The van der Waals surface area contributed by atoms with E-state index in [2.05, 4.69) is 0 Å². The minimum Gasteiger partial charge on any atom is -0.456 e. The molecule has 25 heavy (non-hydrogen) atoms. The van der Waals surface area contributed by atoms with Gasteiger partial charge in [-0.2, -0.15) is 0 Å². The molecule has 0 aliphatic heterocycles. The van der Waals surface area contributed by atoms with Crippen molar-refractivity contribution in [2.24, 2.45) is 0 Å². The predicted octanol–water partition coefficient (Wildman–Crippen LogP) is 7.07. The number of halogens is 1. The lowest BCUT2D eigenvalue weighted by Crippen LogP contribution is -1.95. The molecule has 0 radical (unpaired) electrons. The first-order valence-corrected chi connectivity index (χ1v) is 8.85. The zero-order valence-electron chi connectivity index (χ0n) is 13.4. The molecule has 1 nitrogen and oxygen atoms in total. The molecule has 4 rings (SSSR count). The van der Waals surface area contributed by atoms with Crippen LogP contribution in [-0.2, 0) is 6.42 Å². The number of hydrogen-bond acceptors (Lipinski definition) is 2. The van der Waals surface area contributed by atoms with E-state index in [1.807, 2.05) is 78.9 Å². The Morgan fingerprint density at radius 2 is 1.48 bits per heavy atom. The second-order valence-electron chi connectivity index (χ2n) is 5.90. The summed E-state index contributed by atoms with van der Waals surface area (Å²) in [5, 5.41) is 1.70. The fourth-order valence-corrected chi connectivity index (χ4v) is 3.43. The van der Waals surface area contributed by atoms with Crippen molar-refractivity contribution in [1.82, 2.24) is 0 Å². The van der Waals surface area contributed by atoms with Crippen LogP contribution in [0.3, 0.4) is 0 Å². The second kappa shape index (κ2) is 6.83. The van der Waals surface area contributed by atoms with Crippen molar-refractivity contribution in [3.8, 4) is 11.3 Å². The smallest absolute Gasteiger partial charge is 0.139 e. The van der Waals surface area contributed by atoms with Gasteiger partial charge in [0, 0.05) is 28.0 Å². The molecule has 0 unspecified atom stereocenters. The lowest BCUT2D eigenvalue weighted by Gasteiger charge is -2.12. The maximum Gasteiger partial charge on any atom is 0.139 e. The Balaban J connectivity index is 1.95. The van der Waals surface area contributed by atoms with Gasteiger partial charge in [0.1, 0.15) is 11.3 Å². The van der Waals surface area contributed by atoms with Crippen LogP contribution in [0.5, 0.6) is 0 Å². The molecule has 0 fully saturated rings. The molecular weight excluding hydrogens is 348 g/mol. The summed E-state index contributed by atoms with van der Waals surface area (Å²) in [6, 6.07) is 25.9. The van der Waals surface area contributed by atoms with Crippen molar-refractivity contribution in [2.75, 3.05) is 0 Å². The molecule has 0 aliphatic carbocycles. The van der Waals surface area contributed by atoms with Crippen molar-refractivity contribution in [2.45, 2.75) is 6.42 Å². The average Bonchev–Trinajstić information content (AvgIpc) is 2.66. The van der Waals surface area contributed by atoms with Crippen LogP contribution < -0.4 is 0 Å². The van der Waals surface area contributed by atoms with Gasteiger partial charge < -0.3 is 4.42 Å². The number of para-hydroxylation sites is 1. The molecule has 0 N–H and O–H groups in total. The zero-order valence-corrected chi connectivity index (χ0v) is 15.0. The molecule has 0 amide bonds. The maximum atomic E-state index is 6.26. The van der Waals surface area contributed by atoms with E-state index in [0.717, 1.165) is 43.0 Å². The van der Waals surface area contributed by atoms with Gasteiger partial charge in [-0.15, -0.1) is 0 Å². The molecule has 3 aromatic carbocycles. The molecule has 1 aromatic heterocycles. The van der Waals surface area contributed by atoms with E-state index in [0.29, 0.717) is 6.42 Å². The minimum atomic E-state index is 0.703. The van der Waals surface area contributed by atoms with Gasteiger partial charge >= 0.3 is 0 Å². The molecule has 0 aliphatic rings. The fourth-order valence-electron chi connectivity index (χ4n) is 2.97. The summed E-state index contributed by atoms with van der Waals surface area (Å²) < 4.78 is 7.11. The summed E-state index contributed by atoms with van der Waals surface area (Å²) in [6.45, 7) is 0. The molecule has 0 saturated heterocycles. The lowest BCUT2D eigenvalue weighted by molar-refractivity contribution is 0.613. The summed E-state index contributed by atoms with van der Waals surface area (Å²) in [5.41, 5.74) is 4.02. The van der Waals surface area contributed by atoms with E-state index in [1.54, 1.807) is 0 Å². The van der Waals surface area contributed by atoms with E-state index < -0.39 is 0 Å². The molecule has 1 heterocycles. The van der Waals surface area contributed by atoms with Gasteiger partial charge in [-0.1, -0.05) is 78.4 Å². The Morgan fingerprint density at radius 1 is 0.800 bits per heavy atom. The standard InChI is InChI=1S/C22H15ClOS/c23-17-12-10-15(11-13-17)14-19-21(16-6-2-1-3-7-16)24-20-9-5-4-8-18(20)22(19)25/h1-13H,14H2. The van der Waals surface area contributed by atoms with Crippen molar-refractivity contribution < 1.29 is 4.42 Å². The molecule has 3 heteroatoms. The maximum absolute atomic E-state index is 6.26. The number of hydrogen-bond donors (Lipinski definition) is 0. The van der Waals surface area contributed by atoms with Gasteiger partial charge in [0.15, 0.2) is 0 Å². The normalized spacial score (nSPS) is 10.9. The third-order valence-electron chi connectivity index (χ3n) is 4.22. The summed E-state index contributed by atoms with van der Waals surface area (Å²) in [4.78, 5) is 0. The number of fused-ring (bicyclic) bond motifs is 1. The number of benzene rings is 3. The van der Waals surface area contributed by atoms with Gasteiger partial charge in [-0.25, -0.2) is 0 Å². The average molecular weight is 363 g/mol. The van der Waals surface area contributed by atoms with E-state index >= 15 is 0 Å². The molecule has 0 spiro atoms. The monoisotopic (exact) mass is 362 g/mol. The first-order chi connectivity index (χ1) is 12.2. The summed E-state index contributed by atoms with van der Waals surface area (Å²) in [6.07, 6.45) is 0.703. The third-order valence-corrected chi connectivity index (χ3v) is 4.94. The van der Waals surface area contributed by atoms with Crippen LogP contribution >= 0.6 is 23.8 Å². The summed E-state index contributed by atoms with van der Waals surface area (Å²) in [7, 11) is 0. The highest BCUT2D eigenvalue weighted by molar-refractivity contribution is 7.71. The molecule has 122 valence electrons. The molecule has 0 saturated carbocycles. The van der Waals surface area contributed by atoms with Gasteiger partial charge in [0.2, 0.25) is 0 Å². The van der Waals surface area contributed by atoms with Crippen LogP contribution in [0, 0.1) is 4.51 Å². The highest BCUT2D eigenvalue weighted by Gasteiger charge is 2.14. The zero-order chi connectivity index (χ0) is 17.2. The first-order valence-electron chi connectivity index (χ1n) is 8.07. The minimum absolute atomic E-state index is 0.703. The predicted molar refractivity (Wildman–Crippen MR) is 107 cm³/mol. The first kappa shape index (κ1) is 16.1. The van der Waals surface area contributed by atoms with E-state index in [4.69, 9.17) is 28.2 Å². The van der Waals surface area contributed by atoms with Crippen LogP contribution in [0.2, 0.25) is 5.02 Å². The summed E-state index contributed by atoms with van der Waals surface area (Å²) >= 11 is 11.8. The Kier molecular flexibility index (Phi) is 4.39. The highest BCUT2D eigenvalue weighted by Crippen LogP contribution is 2.32. The second-order valence-corrected chi connectivity index (χ2v) is 6.75. The lowest BCUT2D eigenvalue weighted by atomic mass is 9.99. The van der Waals surface area contributed by atoms with Crippen LogP contribution in [0.25, 0.3) is 22.3 Å². The van der Waals surface area contributed by atoms with Gasteiger partial charge in [0.05, 0.1) is 4.51 Å². The molecule has 0 atom stereocenters. The van der Waals surface area contributed by atoms with Crippen LogP contribution in [0.4, 0.5) is 0 Å². The van der Waals surface area contributed by atoms with Crippen molar-refractivity contribution >= 4 is 34.8 Å². The quantitative estimate of drug-likeness (QED) is 0.361. The molecular formula is C22H15ClOS. The van der Waals surface area contributed by atoms with Crippen molar-refractivity contribution in [3.63, 3.8) is 0 Å². The Morgan fingerprint density at radius 3 is 2.24 bits per heavy atom. The SMILES string of the molecule is S=c1c(Cc2ccc(Cl)cc2)c(-c2ccccc2)oc2ccccc12. The number of rotatable bonds is 3. The molecule has 0 bridgehead atoms. The van der Waals surface area contributed by atoms with E-state index in [1.165, 1.54) is 0 Å².